The molecule has 0 bridgehead atoms. The lowest BCUT2D eigenvalue weighted by Gasteiger charge is -2.10. The highest BCUT2D eigenvalue weighted by molar-refractivity contribution is 5.40. The molecule has 0 heterocycles. The van der Waals surface area contributed by atoms with Crippen LogP contribution in [0.15, 0.2) is 18.2 Å². The summed E-state index contributed by atoms with van der Waals surface area (Å²) >= 11 is 0. The minimum Gasteiger partial charge on any atom is -0.488 e. The molecule has 0 aromatic heterocycles. The highest BCUT2D eigenvalue weighted by atomic mass is 19.1. The van der Waals surface area contributed by atoms with Crippen LogP contribution in [0, 0.1) is 17.7 Å². The van der Waals surface area contributed by atoms with E-state index in [4.69, 9.17) is 10.5 Å². The Morgan fingerprint density at radius 1 is 1.47 bits per heavy atom. The topological polar surface area (TPSA) is 35.2 Å². The molecule has 3 heteroatoms. The molecule has 0 saturated heterocycles. The number of benzene rings is 1. The van der Waals surface area contributed by atoms with Gasteiger partial charge in [0.15, 0.2) is 11.6 Å². The van der Waals surface area contributed by atoms with Crippen molar-refractivity contribution in [3.63, 3.8) is 0 Å². The first-order chi connectivity index (χ1) is 7.13. The Labute approximate surface area is 89.2 Å². The Balaban J connectivity index is 2.94. The van der Waals surface area contributed by atoms with Gasteiger partial charge in [-0.3, -0.25) is 0 Å². The molecule has 1 aromatic rings. The molecule has 2 N–H and O–H groups in total. The first kappa shape index (κ1) is 11.5. The molecule has 0 unspecified atom stereocenters. The molecule has 2 nitrogen and oxygen atoms in total. The van der Waals surface area contributed by atoms with Gasteiger partial charge >= 0.3 is 0 Å². The van der Waals surface area contributed by atoms with Gasteiger partial charge in [0.1, 0.15) is 0 Å². The number of rotatable bonds is 2. The second-order valence-corrected chi connectivity index (χ2v) is 3.32. The Morgan fingerprint density at radius 3 is 2.80 bits per heavy atom. The standard InChI is InChI=1S/C12H14FNO/c1-9(2)15-12-8-10(4-3-7-14)5-6-11(12)13/h5-6,8-9H,7,14H2,1-2H3. The summed E-state index contributed by atoms with van der Waals surface area (Å²) in [5.74, 6) is 5.39. The summed E-state index contributed by atoms with van der Waals surface area (Å²) in [6.45, 7) is 3.98. The molecule has 80 valence electrons. The Bertz CT molecular complexity index is 390. The van der Waals surface area contributed by atoms with Crippen LogP contribution in [-0.4, -0.2) is 12.6 Å². The van der Waals surface area contributed by atoms with Crippen molar-refractivity contribution < 1.29 is 9.13 Å². The second-order valence-electron chi connectivity index (χ2n) is 3.32. The van der Waals surface area contributed by atoms with Gasteiger partial charge in [0.05, 0.1) is 12.6 Å². The summed E-state index contributed by atoms with van der Waals surface area (Å²) in [6.07, 6.45) is -0.0581. The van der Waals surface area contributed by atoms with Crippen molar-refractivity contribution in [3.05, 3.63) is 29.6 Å². The van der Waals surface area contributed by atoms with Crippen molar-refractivity contribution in [2.45, 2.75) is 20.0 Å². The quantitative estimate of drug-likeness (QED) is 0.752. The third-order valence-corrected chi connectivity index (χ3v) is 1.63. The summed E-state index contributed by atoms with van der Waals surface area (Å²) in [6, 6.07) is 4.53. The molecular weight excluding hydrogens is 193 g/mol. The van der Waals surface area contributed by atoms with E-state index >= 15 is 0 Å². The van der Waals surface area contributed by atoms with Crippen LogP contribution in [0.5, 0.6) is 5.75 Å². The molecule has 0 saturated carbocycles. The minimum atomic E-state index is -0.373. The Hall–Kier alpha value is -1.53. The van der Waals surface area contributed by atoms with E-state index in [0.29, 0.717) is 5.56 Å². The van der Waals surface area contributed by atoms with E-state index in [1.165, 1.54) is 6.07 Å². The van der Waals surface area contributed by atoms with E-state index in [-0.39, 0.29) is 24.2 Å². The van der Waals surface area contributed by atoms with Crippen LogP contribution < -0.4 is 10.5 Å². The van der Waals surface area contributed by atoms with Gasteiger partial charge in [-0.15, -0.1) is 0 Å². The van der Waals surface area contributed by atoms with Crippen LogP contribution in [0.1, 0.15) is 19.4 Å². The van der Waals surface area contributed by atoms with Gasteiger partial charge in [0.25, 0.3) is 0 Å². The van der Waals surface area contributed by atoms with Gasteiger partial charge < -0.3 is 10.5 Å². The van der Waals surface area contributed by atoms with Crippen molar-refractivity contribution >= 4 is 0 Å². The molecule has 0 aliphatic rings. The second kappa shape index (κ2) is 5.38. The predicted octanol–water partition coefficient (Wildman–Crippen LogP) is 1.92. The maximum absolute atomic E-state index is 13.3. The van der Waals surface area contributed by atoms with Crippen LogP contribution >= 0.6 is 0 Å². The lowest BCUT2D eigenvalue weighted by Crippen LogP contribution is -2.07. The molecular formula is C12H14FNO. The number of hydrogen-bond donors (Lipinski definition) is 1. The SMILES string of the molecule is CC(C)Oc1cc(C#CCN)ccc1F. The number of halogens is 1. The fraction of sp³-hybridized carbons (Fsp3) is 0.333. The average molecular weight is 207 g/mol. The van der Waals surface area contributed by atoms with E-state index in [2.05, 4.69) is 11.8 Å². The monoisotopic (exact) mass is 207 g/mol. The third-order valence-electron chi connectivity index (χ3n) is 1.63. The van der Waals surface area contributed by atoms with Gasteiger partial charge in [-0.05, 0) is 32.0 Å². The van der Waals surface area contributed by atoms with Gasteiger partial charge in [0, 0.05) is 5.56 Å². The van der Waals surface area contributed by atoms with E-state index in [1.807, 2.05) is 13.8 Å². The first-order valence-corrected chi connectivity index (χ1v) is 4.78. The van der Waals surface area contributed by atoms with E-state index in [0.717, 1.165) is 0 Å². The van der Waals surface area contributed by atoms with Crippen LogP contribution in [0.25, 0.3) is 0 Å². The van der Waals surface area contributed by atoms with E-state index < -0.39 is 0 Å². The maximum Gasteiger partial charge on any atom is 0.165 e. The summed E-state index contributed by atoms with van der Waals surface area (Å²) < 4.78 is 18.5. The fourth-order valence-corrected chi connectivity index (χ4v) is 1.08. The lowest BCUT2D eigenvalue weighted by molar-refractivity contribution is 0.231. The van der Waals surface area contributed by atoms with Gasteiger partial charge in [-0.1, -0.05) is 11.8 Å². The van der Waals surface area contributed by atoms with Crippen LogP contribution in [-0.2, 0) is 0 Å². The summed E-state index contributed by atoms with van der Waals surface area (Å²) in [7, 11) is 0. The minimum absolute atomic E-state index is 0.0581. The summed E-state index contributed by atoms with van der Waals surface area (Å²) in [4.78, 5) is 0. The predicted molar refractivity (Wildman–Crippen MR) is 58.1 cm³/mol. The highest BCUT2D eigenvalue weighted by Crippen LogP contribution is 2.19. The molecule has 0 spiro atoms. The van der Waals surface area contributed by atoms with Crippen LogP contribution in [0.3, 0.4) is 0 Å². The molecule has 0 radical (unpaired) electrons. The zero-order valence-electron chi connectivity index (χ0n) is 8.88. The van der Waals surface area contributed by atoms with Gasteiger partial charge in [-0.25, -0.2) is 4.39 Å². The van der Waals surface area contributed by atoms with Crippen molar-refractivity contribution in [2.24, 2.45) is 5.73 Å². The molecule has 0 aliphatic carbocycles. The van der Waals surface area contributed by atoms with Crippen molar-refractivity contribution in [1.82, 2.24) is 0 Å². The van der Waals surface area contributed by atoms with E-state index in [1.54, 1.807) is 12.1 Å². The molecule has 0 atom stereocenters. The van der Waals surface area contributed by atoms with Crippen LogP contribution in [0.4, 0.5) is 4.39 Å². The average Bonchev–Trinajstić information content (AvgIpc) is 2.18. The third kappa shape index (κ3) is 3.61. The number of nitrogens with two attached hydrogens (primary N) is 1. The van der Waals surface area contributed by atoms with Crippen molar-refractivity contribution in [3.8, 4) is 17.6 Å². The lowest BCUT2D eigenvalue weighted by atomic mass is 10.2. The van der Waals surface area contributed by atoms with E-state index in [9.17, 15) is 4.39 Å². The largest absolute Gasteiger partial charge is 0.488 e. The summed E-state index contributed by atoms with van der Waals surface area (Å²) in [5.41, 5.74) is 5.95. The highest BCUT2D eigenvalue weighted by Gasteiger charge is 2.05. The van der Waals surface area contributed by atoms with Gasteiger partial charge in [-0.2, -0.15) is 0 Å². The molecule has 15 heavy (non-hydrogen) atoms. The molecule has 1 rings (SSSR count). The van der Waals surface area contributed by atoms with Crippen molar-refractivity contribution in [2.75, 3.05) is 6.54 Å². The molecule has 0 amide bonds. The van der Waals surface area contributed by atoms with Crippen molar-refractivity contribution in [1.29, 1.82) is 0 Å². The Kier molecular flexibility index (Phi) is 4.14. The van der Waals surface area contributed by atoms with Gasteiger partial charge in [0.2, 0.25) is 0 Å². The molecule has 1 aromatic carbocycles. The van der Waals surface area contributed by atoms with Crippen LogP contribution in [0.2, 0.25) is 0 Å². The number of hydrogen-bond acceptors (Lipinski definition) is 2. The number of ether oxygens (including phenoxy) is 1. The first-order valence-electron chi connectivity index (χ1n) is 4.78. The normalized spacial score (nSPS) is 9.67. The zero-order valence-corrected chi connectivity index (χ0v) is 8.88. The smallest absolute Gasteiger partial charge is 0.165 e. The zero-order chi connectivity index (χ0) is 11.3. The fourth-order valence-electron chi connectivity index (χ4n) is 1.08. The summed E-state index contributed by atoms with van der Waals surface area (Å²) in [5, 5.41) is 0. The maximum atomic E-state index is 13.3. The Morgan fingerprint density at radius 2 is 2.20 bits per heavy atom. The molecule has 0 aliphatic heterocycles. The molecule has 0 fully saturated rings.